The molecule has 3 heterocycles. The fourth-order valence-corrected chi connectivity index (χ4v) is 6.91. The highest BCUT2D eigenvalue weighted by molar-refractivity contribution is 7.99. The number of aliphatic hydroxyl groups is 1. The molecule has 2 fully saturated rings. The average molecular weight is 518 g/mol. The van der Waals surface area contributed by atoms with E-state index in [1.165, 1.54) is 11.3 Å². The number of hydrogen-bond donors (Lipinski definition) is 2. The first kappa shape index (κ1) is 24.9. The standard InChI is InChI=1S/C24H35N7O2S2/c1-5-8-34-24-27-22(25-11-16-9-17(16)21-15(4)26-12-35-21)20-23(28-24)31(30-29-20)18-10-19(33-7-6-32)14(3)13(18)2/h12-14,16-19,32H,5-11H2,1-4H3,(H,25,27,28). The van der Waals surface area contributed by atoms with Crippen LogP contribution in [0.25, 0.3) is 11.2 Å². The number of aliphatic hydroxyl groups excluding tert-OH is 1. The number of aromatic nitrogens is 6. The maximum absolute atomic E-state index is 9.20. The van der Waals surface area contributed by atoms with E-state index in [-0.39, 0.29) is 18.8 Å². The van der Waals surface area contributed by atoms with Crippen molar-refractivity contribution in [1.82, 2.24) is 29.9 Å². The Morgan fingerprint density at radius 1 is 1.26 bits per heavy atom. The first-order valence-electron chi connectivity index (χ1n) is 12.6. The fraction of sp³-hybridized carbons (Fsp3) is 0.708. The van der Waals surface area contributed by atoms with Gasteiger partial charge in [0.15, 0.2) is 22.1 Å². The van der Waals surface area contributed by atoms with Crippen LogP contribution >= 0.6 is 23.1 Å². The normalized spacial score (nSPS) is 28.1. The molecule has 0 amide bonds. The summed E-state index contributed by atoms with van der Waals surface area (Å²) in [6.45, 7) is 9.98. The lowest BCUT2D eigenvalue weighted by atomic mass is 9.97. The lowest BCUT2D eigenvalue weighted by Crippen LogP contribution is -2.20. The molecule has 3 aromatic rings. The second-order valence-electron chi connectivity index (χ2n) is 9.85. The van der Waals surface area contributed by atoms with E-state index in [0.717, 1.165) is 53.0 Å². The van der Waals surface area contributed by atoms with Crippen LogP contribution in [-0.2, 0) is 4.74 Å². The van der Waals surface area contributed by atoms with Crippen LogP contribution in [0.1, 0.15) is 62.6 Å². The molecule has 2 saturated carbocycles. The molecule has 6 unspecified atom stereocenters. The summed E-state index contributed by atoms with van der Waals surface area (Å²) in [4.78, 5) is 15.6. The van der Waals surface area contributed by atoms with Crippen LogP contribution < -0.4 is 5.32 Å². The number of thiazole rings is 1. The minimum absolute atomic E-state index is 0.0409. The summed E-state index contributed by atoms with van der Waals surface area (Å²) in [7, 11) is 0. The van der Waals surface area contributed by atoms with Gasteiger partial charge < -0.3 is 15.2 Å². The van der Waals surface area contributed by atoms with Gasteiger partial charge in [-0.15, -0.1) is 16.4 Å². The van der Waals surface area contributed by atoms with Crippen molar-refractivity contribution in [3.8, 4) is 0 Å². The van der Waals surface area contributed by atoms with Crippen molar-refractivity contribution in [3.63, 3.8) is 0 Å². The zero-order valence-electron chi connectivity index (χ0n) is 20.8. The van der Waals surface area contributed by atoms with Crippen LogP contribution in [0.3, 0.4) is 0 Å². The average Bonchev–Trinajstić information content (AvgIpc) is 3.13. The van der Waals surface area contributed by atoms with Gasteiger partial charge in [0.1, 0.15) is 0 Å². The third kappa shape index (κ3) is 5.05. The first-order chi connectivity index (χ1) is 17.0. The minimum atomic E-state index is 0.0409. The van der Waals surface area contributed by atoms with Gasteiger partial charge in [-0.2, -0.15) is 0 Å². The number of aryl methyl sites for hydroxylation is 1. The monoisotopic (exact) mass is 517 g/mol. The van der Waals surface area contributed by atoms with E-state index in [1.807, 2.05) is 10.2 Å². The molecule has 5 rings (SSSR count). The smallest absolute Gasteiger partial charge is 0.191 e. The van der Waals surface area contributed by atoms with Gasteiger partial charge in [-0.05, 0) is 43.9 Å². The van der Waals surface area contributed by atoms with Crippen LogP contribution in [0.5, 0.6) is 0 Å². The Labute approximate surface area is 214 Å². The summed E-state index contributed by atoms with van der Waals surface area (Å²) in [5.41, 5.74) is 4.63. The van der Waals surface area contributed by atoms with E-state index >= 15 is 0 Å². The van der Waals surface area contributed by atoms with Gasteiger partial charge >= 0.3 is 0 Å². The van der Waals surface area contributed by atoms with Crippen molar-refractivity contribution < 1.29 is 9.84 Å². The van der Waals surface area contributed by atoms with Gasteiger partial charge in [-0.3, -0.25) is 0 Å². The van der Waals surface area contributed by atoms with Crippen LogP contribution in [0.2, 0.25) is 0 Å². The number of nitrogens with zero attached hydrogens (tertiary/aromatic N) is 6. The van der Waals surface area contributed by atoms with Gasteiger partial charge in [0.05, 0.1) is 36.6 Å². The van der Waals surface area contributed by atoms with E-state index in [4.69, 9.17) is 14.7 Å². The molecule has 9 nitrogen and oxygen atoms in total. The highest BCUT2D eigenvalue weighted by atomic mass is 32.2. The number of rotatable bonds is 11. The molecule has 2 aliphatic rings. The molecule has 2 aliphatic carbocycles. The van der Waals surface area contributed by atoms with E-state index < -0.39 is 0 Å². The molecule has 0 saturated heterocycles. The zero-order chi connectivity index (χ0) is 24.5. The highest BCUT2D eigenvalue weighted by Crippen LogP contribution is 2.50. The summed E-state index contributed by atoms with van der Waals surface area (Å²) in [6, 6.07) is 0.146. The molecule has 35 heavy (non-hydrogen) atoms. The zero-order valence-corrected chi connectivity index (χ0v) is 22.5. The summed E-state index contributed by atoms with van der Waals surface area (Å²) >= 11 is 3.44. The molecule has 6 atom stereocenters. The van der Waals surface area contributed by atoms with Crippen molar-refractivity contribution >= 4 is 40.1 Å². The Morgan fingerprint density at radius 2 is 2.11 bits per heavy atom. The molecule has 0 bridgehead atoms. The van der Waals surface area contributed by atoms with Gasteiger partial charge in [0.2, 0.25) is 0 Å². The number of hydrogen-bond acceptors (Lipinski definition) is 10. The van der Waals surface area contributed by atoms with Gasteiger partial charge in [0.25, 0.3) is 0 Å². The third-order valence-corrected chi connectivity index (χ3v) is 9.66. The summed E-state index contributed by atoms with van der Waals surface area (Å²) in [5.74, 6) is 3.64. The van der Waals surface area contributed by atoms with Crippen LogP contribution in [-0.4, -0.2) is 66.7 Å². The second-order valence-corrected chi connectivity index (χ2v) is 11.8. The Kier molecular flexibility index (Phi) is 7.57. The van der Waals surface area contributed by atoms with E-state index in [2.05, 4.69) is 48.3 Å². The van der Waals surface area contributed by atoms with E-state index in [9.17, 15) is 5.11 Å². The molecule has 11 heteroatoms. The maximum atomic E-state index is 9.20. The summed E-state index contributed by atoms with van der Waals surface area (Å²) < 4.78 is 7.92. The number of ether oxygens (including phenoxy) is 1. The SMILES string of the molecule is CCCSc1nc(NCC2CC2c2scnc2C)c2nnn(C3CC(OCCO)C(C)C3C)c2n1. The van der Waals surface area contributed by atoms with Gasteiger partial charge in [-0.25, -0.2) is 19.6 Å². The molecule has 0 spiro atoms. The molecule has 0 radical (unpaired) electrons. The Morgan fingerprint density at radius 3 is 2.86 bits per heavy atom. The Bertz CT molecular complexity index is 1150. The van der Waals surface area contributed by atoms with E-state index in [1.54, 1.807) is 23.1 Å². The molecule has 0 aromatic carbocycles. The van der Waals surface area contributed by atoms with Crippen molar-refractivity contribution in [2.45, 2.75) is 70.2 Å². The lowest BCUT2D eigenvalue weighted by molar-refractivity contribution is 0.00696. The number of fused-ring (bicyclic) bond motifs is 1. The predicted octanol–water partition coefficient (Wildman–Crippen LogP) is 4.30. The van der Waals surface area contributed by atoms with Crippen LogP contribution in [0.15, 0.2) is 10.7 Å². The van der Waals surface area contributed by atoms with Crippen molar-refractivity contribution in [2.75, 3.05) is 30.8 Å². The van der Waals surface area contributed by atoms with Crippen LogP contribution in [0.4, 0.5) is 5.82 Å². The lowest BCUT2D eigenvalue weighted by Gasteiger charge is -2.19. The molecule has 2 N–H and O–H groups in total. The van der Waals surface area contributed by atoms with Crippen LogP contribution in [0, 0.1) is 24.7 Å². The largest absolute Gasteiger partial charge is 0.394 e. The van der Waals surface area contributed by atoms with Crippen molar-refractivity contribution in [2.24, 2.45) is 17.8 Å². The van der Waals surface area contributed by atoms with Crippen molar-refractivity contribution in [1.29, 1.82) is 0 Å². The van der Waals surface area contributed by atoms with Gasteiger partial charge in [-0.1, -0.05) is 37.7 Å². The maximum Gasteiger partial charge on any atom is 0.191 e. The first-order valence-corrected chi connectivity index (χ1v) is 14.5. The van der Waals surface area contributed by atoms with Crippen molar-refractivity contribution in [3.05, 3.63) is 16.1 Å². The minimum Gasteiger partial charge on any atom is -0.394 e. The summed E-state index contributed by atoms with van der Waals surface area (Å²) in [6.07, 6.45) is 3.17. The number of thioether (sulfide) groups is 1. The molecule has 3 aromatic heterocycles. The second kappa shape index (κ2) is 10.7. The molecular formula is C24H35N7O2S2. The highest BCUT2D eigenvalue weighted by Gasteiger charge is 2.42. The topological polar surface area (TPSA) is 111 Å². The Balaban J connectivity index is 1.38. The molecular weight excluding hydrogens is 482 g/mol. The number of anilines is 1. The quantitative estimate of drug-likeness (QED) is 0.284. The number of nitrogens with one attached hydrogen (secondary N) is 1. The molecule has 190 valence electrons. The Hall–Kier alpha value is -1.82. The van der Waals surface area contributed by atoms with Gasteiger partial charge in [0, 0.05) is 23.1 Å². The fourth-order valence-electron chi connectivity index (χ4n) is 5.21. The van der Waals surface area contributed by atoms with E-state index in [0.29, 0.717) is 30.3 Å². The predicted molar refractivity (Wildman–Crippen MR) is 139 cm³/mol. The summed E-state index contributed by atoms with van der Waals surface area (Å²) in [5, 5.41) is 22.7. The molecule has 0 aliphatic heterocycles. The third-order valence-electron chi connectivity index (χ3n) is 7.55.